The highest BCUT2D eigenvalue weighted by Gasteiger charge is 2.48. The van der Waals surface area contributed by atoms with Crippen LogP contribution in [0.25, 0.3) is 0 Å². The van der Waals surface area contributed by atoms with Crippen LogP contribution in [0.3, 0.4) is 0 Å². The highest BCUT2D eigenvalue weighted by molar-refractivity contribution is 5.94. The van der Waals surface area contributed by atoms with Crippen molar-refractivity contribution in [2.24, 2.45) is 7.05 Å². The molecule has 1 aromatic rings. The highest BCUT2D eigenvalue weighted by atomic mass is 16.4. The molecule has 7 nitrogen and oxygen atoms in total. The van der Waals surface area contributed by atoms with E-state index in [9.17, 15) is 14.7 Å². The van der Waals surface area contributed by atoms with Crippen LogP contribution in [-0.2, 0) is 11.8 Å². The Morgan fingerprint density at radius 2 is 2.32 bits per heavy atom. The molecule has 2 rings (SSSR count). The first kappa shape index (κ1) is 13.4. The molecular weight excluding hydrogens is 248 g/mol. The van der Waals surface area contributed by atoms with E-state index in [0.717, 1.165) is 0 Å². The lowest BCUT2D eigenvalue weighted by Crippen LogP contribution is -2.54. The molecule has 0 bridgehead atoms. The maximum Gasteiger partial charge on any atom is 0.329 e. The average molecular weight is 266 g/mol. The zero-order valence-corrected chi connectivity index (χ0v) is 11.1. The Morgan fingerprint density at radius 3 is 2.84 bits per heavy atom. The molecule has 1 unspecified atom stereocenters. The number of nitrogens with zero attached hydrogens (tertiary/aromatic N) is 3. The number of carbonyl (C=O) groups excluding carboxylic acids is 1. The lowest BCUT2D eigenvalue weighted by atomic mass is 9.93. The van der Waals surface area contributed by atoms with Crippen molar-refractivity contribution >= 4 is 17.7 Å². The lowest BCUT2D eigenvalue weighted by Gasteiger charge is -2.33. The summed E-state index contributed by atoms with van der Waals surface area (Å²) in [7, 11) is 1.75. The van der Waals surface area contributed by atoms with Crippen LogP contribution in [0.5, 0.6) is 0 Å². The molecule has 2 heterocycles. The van der Waals surface area contributed by atoms with E-state index >= 15 is 0 Å². The SMILES string of the molecule is CCC1(C(=O)O)CCCN1C(=O)Nc1cnn(C)c1. The summed E-state index contributed by atoms with van der Waals surface area (Å²) in [6.07, 6.45) is 4.81. The zero-order chi connectivity index (χ0) is 14.0. The monoisotopic (exact) mass is 266 g/mol. The summed E-state index contributed by atoms with van der Waals surface area (Å²) in [5.41, 5.74) is -0.512. The van der Waals surface area contributed by atoms with Crippen LogP contribution in [0, 0.1) is 0 Å². The normalized spacial score (nSPS) is 22.5. The summed E-state index contributed by atoms with van der Waals surface area (Å²) in [6, 6.07) is -0.380. The van der Waals surface area contributed by atoms with Gasteiger partial charge in [0.15, 0.2) is 0 Å². The molecule has 104 valence electrons. The third kappa shape index (κ3) is 2.27. The minimum atomic E-state index is -1.08. The van der Waals surface area contributed by atoms with Crippen molar-refractivity contribution in [1.29, 1.82) is 0 Å². The lowest BCUT2D eigenvalue weighted by molar-refractivity contribution is -0.148. The number of hydrogen-bond donors (Lipinski definition) is 2. The van der Waals surface area contributed by atoms with Crippen LogP contribution in [0.2, 0.25) is 0 Å². The van der Waals surface area contributed by atoms with Crippen molar-refractivity contribution < 1.29 is 14.7 Å². The Bertz CT molecular complexity index is 499. The molecule has 0 saturated carbocycles. The molecular formula is C12H18N4O3. The van der Waals surface area contributed by atoms with Gasteiger partial charge < -0.3 is 15.3 Å². The summed E-state index contributed by atoms with van der Waals surface area (Å²) in [4.78, 5) is 25.1. The van der Waals surface area contributed by atoms with E-state index in [1.807, 2.05) is 0 Å². The van der Waals surface area contributed by atoms with Crippen LogP contribution in [0.15, 0.2) is 12.4 Å². The van der Waals surface area contributed by atoms with Gasteiger partial charge in [0.25, 0.3) is 0 Å². The molecule has 1 aliphatic heterocycles. The number of aromatic nitrogens is 2. The summed E-state index contributed by atoms with van der Waals surface area (Å²) in [5, 5.41) is 16.1. The Labute approximate surface area is 111 Å². The number of carboxylic acids is 1. The number of carbonyl (C=O) groups is 2. The minimum Gasteiger partial charge on any atom is -0.479 e. The van der Waals surface area contributed by atoms with E-state index in [-0.39, 0.29) is 6.03 Å². The van der Waals surface area contributed by atoms with E-state index in [0.29, 0.717) is 31.5 Å². The largest absolute Gasteiger partial charge is 0.479 e. The predicted octanol–water partition coefficient (Wildman–Crippen LogP) is 1.28. The summed E-state index contributed by atoms with van der Waals surface area (Å²) in [5.74, 6) is -0.936. The van der Waals surface area contributed by atoms with Crippen LogP contribution in [0.4, 0.5) is 10.5 Å². The molecule has 1 aliphatic rings. The first-order valence-electron chi connectivity index (χ1n) is 6.30. The maximum atomic E-state index is 12.2. The quantitative estimate of drug-likeness (QED) is 0.862. The van der Waals surface area contributed by atoms with Crippen molar-refractivity contribution in [3.63, 3.8) is 0 Å². The highest BCUT2D eigenvalue weighted by Crippen LogP contribution is 2.33. The average Bonchev–Trinajstić information content (AvgIpc) is 2.95. The summed E-state index contributed by atoms with van der Waals surface area (Å²) in [6.45, 7) is 2.26. The fourth-order valence-corrected chi connectivity index (χ4v) is 2.59. The van der Waals surface area contributed by atoms with Crippen LogP contribution >= 0.6 is 0 Å². The van der Waals surface area contributed by atoms with Gasteiger partial charge in [-0.15, -0.1) is 0 Å². The standard InChI is InChI=1S/C12H18N4O3/c1-3-12(10(17)18)5-4-6-16(12)11(19)14-9-7-13-15(2)8-9/h7-8H,3-6H2,1-2H3,(H,14,19)(H,17,18). The van der Waals surface area contributed by atoms with E-state index in [1.165, 1.54) is 11.1 Å². The number of anilines is 1. The fourth-order valence-electron chi connectivity index (χ4n) is 2.59. The fraction of sp³-hybridized carbons (Fsp3) is 0.583. The van der Waals surface area contributed by atoms with Gasteiger partial charge in [-0.2, -0.15) is 5.10 Å². The molecule has 0 aromatic carbocycles. The van der Waals surface area contributed by atoms with Gasteiger partial charge in [-0.25, -0.2) is 9.59 Å². The van der Waals surface area contributed by atoms with Crippen molar-refractivity contribution in [2.45, 2.75) is 31.7 Å². The second-order valence-electron chi connectivity index (χ2n) is 4.78. The van der Waals surface area contributed by atoms with E-state index in [1.54, 1.807) is 24.9 Å². The van der Waals surface area contributed by atoms with E-state index in [2.05, 4.69) is 10.4 Å². The van der Waals surface area contributed by atoms with E-state index in [4.69, 9.17) is 0 Å². The zero-order valence-electron chi connectivity index (χ0n) is 11.1. The van der Waals surface area contributed by atoms with Gasteiger partial charge in [0.1, 0.15) is 5.54 Å². The first-order valence-corrected chi connectivity index (χ1v) is 6.30. The molecule has 1 fully saturated rings. The number of aryl methyl sites for hydroxylation is 1. The van der Waals surface area contributed by atoms with Crippen molar-refractivity contribution in [3.05, 3.63) is 12.4 Å². The molecule has 7 heteroatoms. The third-order valence-electron chi connectivity index (χ3n) is 3.67. The Kier molecular flexibility index (Phi) is 3.46. The van der Waals surface area contributed by atoms with Crippen molar-refractivity contribution in [2.75, 3.05) is 11.9 Å². The van der Waals surface area contributed by atoms with Gasteiger partial charge >= 0.3 is 12.0 Å². The summed E-state index contributed by atoms with van der Waals surface area (Å²) >= 11 is 0. The van der Waals surface area contributed by atoms with Gasteiger partial charge in [-0.3, -0.25) is 4.68 Å². The number of aliphatic carboxylic acids is 1. The van der Waals surface area contributed by atoms with Crippen LogP contribution in [-0.4, -0.2) is 43.9 Å². The Balaban J connectivity index is 2.16. The number of rotatable bonds is 3. The third-order valence-corrected chi connectivity index (χ3v) is 3.67. The smallest absolute Gasteiger partial charge is 0.329 e. The Hall–Kier alpha value is -2.05. The van der Waals surface area contributed by atoms with Crippen molar-refractivity contribution in [1.82, 2.24) is 14.7 Å². The topological polar surface area (TPSA) is 87.5 Å². The number of nitrogens with one attached hydrogen (secondary N) is 1. The second-order valence-corrected chi connectivity index (χ2v) is 4.78. The van der Waals surface area contributed by atoms with Crippen molar-refractivity contribution in [3.8, 4) is 0 Å². The van der Waals surface area contributed by atoms with Gasteiger partial charge in [0.05, 0.1) is 11.9 Å². The number of amides is 2. The molecule has 2 amide bonds. The molecule has 1 saturated heterocycles. The molecule has 1 aromatic heterocycles. The molecule has 1 atom stereocenters. The minimum absolute atomic E-state index is 0.380. The van der Waals surface area contributed by atoms with E-state index < -0.39 is 11.5 Å². The molecule has 0 spiro atoms. The molecule has 2 N–H and O–H groups in total. The first-order chi connectivity index (χ1) is 8.99. The van der Waals surface area contributed by atoms with Gasteiger partial charge in [0, 0.05) is 19.8 Å². The van der Waals surface area contributed by atoms with Gasteiger partial charge in [-0.05, 0) is 19.3 Å². The molecule has 0 aliphatic carbocycles. The number of likely N-dealkylation sites (tertiary alicyclic amines) is 1. The number of hydrogen-bond acceptors (Lipinski definition) is 3. The van der Waals surface area contributed by atoms with Crippen LogP contribution < -0.4 is 5.32 Å². The van der Waals surface area contributed by atoms with Gasteiger partial charge in [-0.1, -0.05) is 6.92 Å². The molecule has 19 heavy (non-hydrogen) atoms. The summed E-state index contributed by atoms with van der Waals surface area (Å²) < 4.78 is 1.57. The number of carboxylic acid groups (broad SMARTS) is 1. The Morgan fingerprint density at radius 1 is 1.58 bits per heavy atom. The second kappa shape index (κ2) is 4.91. The van der Waals surface area contributed by atoms with Crippen LogP contribution in [0.1, 0.15) is 26.2 Å². The van der Waals surface area contributed by atoms with Gasteiger partial charge in [0.2, 0.25) is 0 Å². The number of urea groups is 1. The predicted molar refractivity (Wildman–Crippen MR) is 68.8 cm³/mol. The molecule has 0 radical (unpaired) electrons. The maximum absolute atomic E-state index is 12.2.